The second-order valence-corrected chi connectivity index (χ2v) is 6.61. The Morgan fingerprint density at radius 1 is 1.00 bits per heavy atom. The summed E-state index contributed by atoms with van der Waals surface area (Å²) in [5.74, 6) is -0.0972. The van der Waals surface area contributed by atoms with E-state index in [1.165, 1.54) is 11.8 Å². The van der Waals surface area contributed by atoms with Crippen LogP contribution in [0.15, 0.2) is 53.5 Å². The van der Waals surface area contributed by atoms with Crippen molar-refractivity contribution in [2.45, 2.75) is 0 Å². The summed E-state index contributed by atoms with van der Waals surface area (Å²) >= 11 is 1.50. The Labute approximate surface area is 147 Å². The molecule has 7 heteroatoms. The van der Waals surface area contributed by atoms with E-state index in [4.69, 9.17) is 0 Å². The Morgan fingerprint density at radius 3 is 2.20 bits per heavy atom. The molecule has 0 atom stereocenters. The summed E-state index contributed by atoms with van der Waals surface area (Å²) in [6, 6.07) is 13.1. The van der Waals surface area contributed by atoms with Crippen molar-refractivity contribution in [1.29, 1.82) is 0 Å². The SMILES string of the molecule is O=C(NC1=NCCS1)c1ccc(N2C(=O)c3ccccc3C2=O)cc1. The number of aliphatic imine (C=N–C) groups is 1. The zero-order valence-electron chi connectivity index (χ0n) is 13.1. The molecule has 1 N–H and O–H groups in total. The smallest absolute Gasteiger partial charge is 0.266 e. The van der Waals surface area contributed by atoms with Crippen molar-refractivity contribution in [2.75, 3.05) is 17.2 Å². The number of hydrogen-bond acceptors (Lipinski definition) is 5. The third-order valence-corrected chi connectivity index (χ3v) is 4.88. The van der Waals surface area contributed by atoms with Gasteiger partial charge in [-0.05, 0) is 36.4 Å². The van der Waals surface area contributed by atoms with Crippen LogP contribution in [0.1, 0.15) is 31.1 Å². The van der Waals surface area contributed by atoms with Gasteiger partial charge in [0, 0.05) is 11.3 Å². The summed E-state index contributed by atoms with van der Waals surface area (Å²) < 4.78 is 0. The Morgan fingerprint density at radius 2 is 1.64 bits per heavy atom. The number of benzene rings is 2. The summed E-state index contributed by atoms with van der Waals surface area (Å²) in [6.07, 6.45) is 0. The molecule has 2 aliphatic heterocycles. The third kappa shape index (κ3) is 2.72. The number of rotatable bonds is 2. The zero-order chi connectivity index (χ0) is 17.4. The summed E-state index contributed by atoms with van der Waals surface area (Å²) in [7, 11) is 0. The molecule has 0 spiro atoms. The number of carbonyl (C=O) groups is 3. The second-order valence-electron chi connectivity index (χ2n) is 5.53. The van der Waals surface area contributed by atoms with Gasteiger partial charge in [-0.25, -0.2) is 4.90 Å². The molecular weight excluding hydrogens is 338 g/mol. The lowest BCUT2D eigenvalue weighted by Gasteiger charge is -2.14. The molecule has 2 aliphatic rings. The van der Waals surface area contributed by atoms with Crippen molar-refractivity contribution in [3.63, 3.8) is 0 Å². The van der Waals surface area contributed by atoms with Crippen molar-refractivity contribution in [1.82, 2.24) is 5.32 Å². The molecule has 2 aromatic rings. The quantitative estimate of drug-likeness (QED) is 0.842. The third-order valence-electron chi connectivity index (χ3n) is 3.99. The highest BCUT2D eigenvalue weighted by molar-refractivity contribution is 8.14. The fourth-order valence-electron chi connectivity index (χ4n) is 2.77. The highest BCUT2D eigenvalue weighted by Crippen LogP contribution is 2.28. The van der Waals surface area contributed by atoms with Crippen LogP contribution < -0.4 is 10.2 Å². The van der Waals surface area contributed by atoms with Crippen LogP contribution in [0.5, 0.6) is 0 Å². The maximum Gasteiger partial charge on any atom is 0.266 e. The number of hydrogen-bond donors (Lipinski definition) is 1. The standard InChI is InChI=1S/C18H13N3O3S/c22-15(20-18-19-9-10-25-18)11-5-7-12(8-6-11)21-16(23)13-3-1-2-4-14(13)17(21)24/h1-8H,9-10H2,(H,19,20,22). The Kier molecular flexibility index (Phi) is 3.85. The predicted molar refractivity (Wildman–Crippen MR) is 96.3 cm³/mol. The topological polar surface area (TPSA) is 78.8 Å². The number of thioether (sulfide) groups is 1. The Bertz CT molecular complexity index is 886. The van der Waals surface area contributed by atoms with Crippen molar-refractivity contribution in [3.05, 3.63) is 65.2 Å². The molecule has 0 fully saturated rings. The lowest BCUT2D eigenvalue weighted by molar-refractivity contribution is 0.0924. The highest BCUT2D eigenvalue weighted by atomic mass is 32.2. The van der Waals surface area contributed by atoms with Gasteiger partial charge < -0.3 is 5.32 Å². The largest absolute Gasteiger partial charge is 0.301 e. The van der Waals surface area contributed by atoms with Gasteiger partial charge in [0.1, 0.15) is 0 Å². The van der Waals surface area contributed by atoms with Gasteiger partial charge in [0.2, 0.25) is 0 Å². The average molecular weight is 351 g/mol. The molecule has 0 saturated carbocycles. The fraction of sp³-hybridized carbons (Fsp3) is 0.111. The molecular formula is C18H13N3O3S. The number of imide groups is 1. The van der Waals surface area contributed by atoms with Crippen LogP contribution in [-0.2, 0) is 0 Å². The van der Waals surface area contributed by atoms with Gasteiger partial charge in [-0.2, -0.15) is 0 Å². The van der Waals surface area contributed by atoms with Gasteiger partial charge >= 0.3 is 0 Å². The summed E-state index contributed by atoms with van der Waals surface area (Å²) in [4.78, 5) is 42.4. The molecule has 3 amide bonds. The first kappa shape index (κ1) is 15.6. The van der Waals surface area contributed by atoms with Crippen LogP contribution in [-0.4, -0.2) is 35.2 Å². The highest BCUT2D eigenvalue weighted by Gasteiger charge is 2.36. The molecule has 124 valence electrons. The van der Waals surface area contributed by atoms with E-state index in [9.17, 15) is 14.4 Å². The van der Waals surface area contributed by atoms with Crippen molar-refractivity contribution in [3.8, 4) is 0 Å². The number of carbonyl (C=O) groups excluding carboxylic acids is 3. The van der Waals surface area contributed by atoms with Crippen LogP contribution in [0.2, 0.25) is 0 Å². The summed E-state index contributed by atoms with van der Waals surface area (Å²) in [5, 5.41) is 3.36. The van der Waals surface area contributed by atoms with Crippen LogP contribution in [0.4, 0.5) is 5.69 Å². The Balaban J connectivity index is 1.56. The van der Waals surface area contributed by atoms with Crippen molar-refractivity contribution >= 4 is 40.3 Å². The van der Waals surface area contributed by atoms with Crippen LogP contribution in [0.3, 0.4) is 0 Å². The van der Waals surface area contributed by atoms with E-state index in [1.54, 1.807) is 48.5 Å². The van der Waals surface area contributed by atoms with E-state index in [0.717, 1.165) is 10.7 Å². The van der Waals surface area contributed by atoms with Gasteiger partial charge in [0.15, 0.2) is 5.17 Å². The van der Waals surface area contributed by atoms with E-state index < -0.39 is 0 Å². The molecule has 2 heterocycles. The molecule has 0 radical (unpaired) electrons. The van der Waals surface area contributed by atoms with E-state index in [2.05, 4.69) is 10.3 Å². The lowest BCUT2D eigenvalue weighted by atomic mass is 10.1. The second kappa shape index (κ2) is 6.18. The number of nitrogens with one attached hydrogen (secondary N) is 1. The van der Waals surface area contributed by atoms with E-state index in [0.29, 0.717) is 34.1 Å². The van der Waals surface area contributed by atoms with Crippen LogP contribution in [0, 0.1) is 0 Å². The first-order valence-electron chi connectivity index (χ1n) is 7.71. The number of nitrogens with zero attached hydrogens (tertiary/aromatic N) is 2. The first-order chi connectivity index (χ1) is 12.1. The minimum Gasteiger partial charge on any atom is -0.301 e. The number of amides is 3. The molecule has 25 heavy (non-hydrogen) atoms. The minimum absolute atomic E-state index is 0.262. The molecule has 0 aromatic heterocycles. The van der Waals surface area contributed by atoms with E-state index >= 15 is 0 Å². The number of amidine groups is 1. The monoisotopic (exact) mass is 351 g/mol. The van der Waals surface area contributed by atoms with Gasteiger partial charge in [-0.1, -0.05) is 23.9 Å². The van der Waals surface area contributed by atoms with Gasteiger partial charge in [0.05, 0.1) is 23.4 Å². The molecule has 0 bridgehead atoms. The van der Waals surface area contributed by atoms with Crippen LogP contribution >= 0.6 is 11.8 Å². The van der Waals surface area contributed by atoms with Gasteiger partial charge in [0.25, 0.3) is 17.7 Å². The maximum atomic E-state index is 12.5. The fourth-order valence-corrected chi connectivity index (χ4v) is 3.49. The molecule has 0 saturated heterocycles. The lowest BCUT2D eigenvalue weighted by Crippen LogP contribution is -2.30. The summed E-state index contributed by atoms with van der Waals surface area (Å²) in [6.45, 7) is 0.707. The first-order valence-corrected chi connectivity index (χ1v) is 8.70. The van der Waals surface area contributed by atoms with E-state index in [1.807, 2.05) is 0 Å². The number of anilines is 1. The molecule has 2 aromatic carbocycles. The predicted octanol–water partition coefficient (Wildman–Crippen LogP) is 2.32. The number of fused-ring (bicyclic) bond motifs is 1. The Hall–Kier alpha value is -2.93. The molecule has 0 aliphatic carbocycles. The average Bonchev–Trinajstić information content (AvgIpc) is 3.23. The van der Waals surface area contributed by atoms with Crippen LogP contribution in [0.25, 0.3) is 0 Å². The summed E-state index contributed by atoms with van der Waals surface area (Å²) in [5.41, 5.74) is 1.67. The normalized spacial score (nSPS) is 16.0. The van der Waals surface area contributed by atoms with Crippen molar-refractivity contribution < 1.29 is 14.4 Å². The van der Waals surface area contributed by atoms with Gasteiger partial charge in [-0.3, -0.25) is 19.4 Å². The molecule has 4 rings (SSSR count). The minimum atomic E-state index is -0.352. The molecule has 0 unspecified atom stereocenters. The van der Waals surface area contributed by atoms with E-state index in [-0.39, 0.29) is 17.7 Å². The van der Waals surface area contributed by atoms with Crippen molar-refractivity contribution in [2.24, 2.45) is 4.99 Å². The zero-order valence-corrected chi connectivity index (χ0v) is 13.9. The maximum absolute atomic E-state index is 12.5. The molecule has 6 nitrogen and oxygen atoms in total. The van der Waals surface area contributed by atoms with Gasteiger partial charge in [-0.15, -0.1) is 0 Å².